The lowest BCUT2D eigenvalue weighted by Crippen LogP contribution is -2.60. The van der Waals surface area contributed by atoms with Crippen LogP contribution in [0.2, 0.25) is 65.0 Å². The number of rotatable bonds is 11. The molecule has 0 rings (SSSR count). The van der Waals surface area contributed by atoms with Gasteiger partial charge in [-0.1, -0.05) is 6.58 Å². The van der Waals surface area contributed by atoms with Gasteiger partial charge in [0.2, 0.25) is 5.91 Å². The van der Waals surface area contributed by atoms with Crippen molar-refractivity contribution in [1.82, 2.24) is 4.90 Å². The molecule has 0 spiro atoms. The van der Waals surface area contributed by atoms with Crippen molar-refractivity contribution in [3.8, 4) is 0 Å². The summed E-state index contributed by atoms with van der Waals surface area (Å²) in [6.07, 6.45) is 0.807. The van der Waals surface area contributed by atoms with Gasteiger partial charge in [-0.25, -0.2) is 0 Å². The van der Waals surface area contributed by atoms with Crippen LogP contribution in [0.5, 0.6) is 0 Å². The maximum atomic E-state index is 12.0. The van der Waals surface area contributed by atoms with E-state index in [1.807, 2.05) is 7.05 Å². The average Bonchev–Trinajstić information content (AvgIpc) is 2.30. The molecule has 1 amide bonds. The van der Waals surface area contributed by atoms with Crippen LogP contribution >= 0.6 is 0 Å². The molecule has 154 valence electrons. The van der Waals surface area contributed by atoms with Crippen molar-refractivity contribution >= 4 is 39.7 Å². The van der Waals surface area contributed by atoms with Crippen LogP contribution in [-0.2, 0) is 17.1 Å². The largest absolute Gasteiger partial charge is 0.469 e. The number of carbonyl (C=O) groups is 1. The minimum absolute atomic E-state index is 0.0133. The average molecular weight is 436 g/mol. The van der Waals surface area contributed by atoms with Crippen LogP contribution in [0.4, 0.5) is 0 Å². The first-order valence-corrected chi connectivity index (χ1v) is 21.5. The molecular formula is C17H41NO4Si4. The standard InChI is InChI=1S/C17H41NO4Si4/c1-16(2)17(19)18(3)14-13-15-26(20-23(4,5)6,21-24(7,8)9)22-25(10,11)12/h1,13-15H2,2-12H3. The number of hydrogen-bond donors (Lipinski definition) is 0. The molecule has 0 saturated heterocycles. The molecule has 0 aliphatic heterocycles. The molecule has 0 aromatic carbocycles. The molecular weight excluding hydrogens is 395 g/mol. The number of nitrogens with zero attached hydrogens (tertiary/aromatic N) is 1. The van der Waals surface area contributed by atoms with Gasteiger partial charge in [0.25, 0.3) is 0 Å². The monoisotopic (exact) mass is 435 g/mol. The fourth-order valence-corrected chi connectivity index (χ4v) is 17.2. The first-order chi connectivity index (χ1) is 11.4. The third-order valence-corrected chi connectivity index (χ3v) is 15.1. The minimum Gasteiger partial charge on any atom is -0.417 e. The Bertz CT molecular complexity index is 452. The van der Waals surface area contributed by atoms with E-state index in [0.29, 0.717) is 12.1 Å². The Morgan fingerprint density at radius 2 is 1.19 bits per heavy atom. The van der Waals surface area contributed by atoms with E-state index in [2.05, 4.69) is 65.5 Å². The second kappa shape index (κ2) is 9.44. The minimum atomic E-state index is -2.81. The lowest BCUT2D eigenvalue weighted by Gasteiger charge is -2.43. The second-order valence-electron chi connectivity index (χ2n) is 9.94. The lowest BCUT2D eigenvalue weighted by molar-refractivity contribution is -0.125. The van der Waals surface area contributed by atoms with Gasteiger partial charge in [-0.3, -0.25) is 4.79 Å². The third kappa shape index (κ3) is 11.6. The van der Waals surface area contributed by atoms with Gasteiger partial charge in [0.05, 0.1) is 0 Å². The number of amides is 1. The fourth-order valence-electron chi connectivity index (χ4n) is 2.58. The quantitative estimate of drug-likeness (QED) is 0.342. The van der Waals surface area contributed by atoms with Crippen LogP contribution in [0.3, 0.4) is 0 Å². The van der Waals surface area contributed by atoms with E-state index in [1.54, 1.807) is 11.8 Å². The lowest BCUT2D eigenvalue weighted by atomic mass is 10.3. The predicted molar refractivity (Wildman–Crippen MR) is 121 cm³/mol. The van der Waals surface area contributed by atoms with Crippen LogP contribution in [-0.4, -0.2) is 58.2 Å². The van der Waals surface area contributed by atoms with Gasteiger partial charge < -0.3 is 17.2 Å². The molecule has 9 heteroatoms. The van der Waals surface area contributed by atoms with Crippen molar-refractivity contribution < 1.29 is 17.1 Å². The van der Waals surface area contributed by atoms with E-state index in [1.165, 1.54) is 0 Å². The maximum absolute atomic E-state index is 12.0. The molecule has 0 bridgehead atoms. The maximum Gasteiger partial charge on any atom is 0.469 e. The highest BCUT2D eigenvalue weighted by Gasteiger charge is 2.49. The summed E-state index contributed by atoms with van der Waals surface area (Å²) >= 11 is 0. The Hall–Kier alpha value is -0.0425. The van der Waals surface area contributed by atoms with Crippen LogP contribution < -0.4 is 0 Å². The number of hydrogen-bond acceptors (Lipinski definition) is 4. The Kier molecular flexibility index (Phi) is 9.42. The van der Waals surface area contributed by atoms with E-state index in [9.17, 15) is 4.79 Å². The van der Waals surface area contributed by atoms with E-state index in [4.69, 9.17) is 12.3 Å². The summed E-state index contributed by atoms with van der Waals surface area (Å²) in [5.41, 5.74) is 0.561. The Labute approximate surface area is 165 Å². The molecule has 0 heterocycles. The molecule has 0 unspecified atom stereocenters. The zero-order valence-corrected chi connectivity index (χ0v) is 22.9. The van der Waals surface area contributed by atoms with Crippen molar-refractivity contribution in [2.75, 3.05) is 13.6 Å². The molecule has 0 aliphatic carbocycles. The summed E-state index contributed by atoms with van der Waals surface area (Å²) in [6.45, 7) is 25.8. The summed E-state index contributed by atoms with van der Waals surface area (Å²) in [7, 11) is -6.53. The van der Waals surface area contributed by atoms with Gasteiger partial charge in [0, 0.05) is 25.2 Å². The van der Waals surface area contributed by atoms with Gasteiger partial charge in [-0.05, 0) is 72.3 Å². The van der Waals surface area contributed by atoms with Crippen molar-refractivity contribution in [3.63, 3.8) is 0 Å². The third-order valence-electron chi connectivity index (χ3n) is 3.07. The highest BCUT2D eigenvalue weighted by atomic mass is 28.5. The number of carbonyl (C=O) groups excluding carboxylic acids is 1. The molecule has 5 nitrogen and oxygen atoms in total. The van der Waals surface area contributed by atoms with Crippen molar-refractivity contribution in [2.24, 2.45) is 0 Å². The Morgan fingerprint density at radius 3 is 1.46 bits per heavy atom. The van der Waals surface area contributed by atoms with Gasteiger partial charge in [0.15, 0.2) is 25.0 Å². The molecule has 0 aliphatic rings. The predicted octanol–water partition coefficient (Wildman–Crippen LogP) is 4.90. The Morgan fingerprint density at radius 1 is 0.846 bits per heavy atom. The van der Waals surface area contributed by atoms with Crippen molar-refractivity contribution in [2.45, 2.75) is 78.3 Å². The summed E-state index contributed by atoms with van der Waals surface area (Å²) < 4.78 is 19.9. The Balaban J connectivity index is 5.44. The molecule has 0 N–H and O–H groups in total. The molecule has 0 atom stereocenters. The van der Waals surface area contributed by atoms with Crippen LogP contribution in [0, 0.1) is 0 Å². The summed E-state index contributed by atoms with van der Waals surface area (Å²) in [5, 5.41) is 0. The summed E-state index contributed by atoms with van der Waals surface area (Å²) in [4.78, 5) is 13.8. The highest BCUT2D eigenvalue weighted by Crippen LogP contribution is 2.30. The topological polar surface area (TPSA) is 48.0 Å². The van der Waals surface area contributed by atoms with Crippen molar-refractivity contribution in [3.05, 3.63) is 12.2 Å². The SMILES string of the molecule is C=C(C)C(=O)N(C)CCC[Si](O[Si](C)(C)C)(O[Si](C)(C)C)O[Si](C)(C)C. The molecule has 0 radical (unpaired) electrons. The highest BCUT2D eigenvalue weighted by molar-refractivity contribution is 6.90. The molecule has 0 saturated carbocycles. The van der Waals surface area contributed by atoms with Gasteiger partial charge in [0.1, 0.15) is 0 Å². The first-order valence-electron chi connectivity index (χ1n) is 9.37. The van der Waals surface area contributed by atoms with Gasteiger partial charge in [-0.2, -0.15) is 0 Å². The van der Waals surface area contributed by atoms with Gasteiger partial charge >= 0.3 is 8.80 Å². The van der Waals surface area contributed by atoms with Gasteiger partial charge in [-0.15, -0.1) is 0 Å². The summed E-state index contributed by atoms with van der Waals surface area (Å²) in [5.74, 6) is -0.0133. The first kappa shape index (κ1) is 26.0. The van der Waals surface area contributed by atoms with Crippen LogP contribution in [0.25, 0.3) is 0 Å². The molecule has 26 heavy (non-hydrogen) atoms. The molecule has 0 aromatic rings. The zero-order valence-electron chi connectivity index (χ0n) is 18.9. The molecule has 0 fully saturated rings. The van der Waals surface area contributed by atoms with E-state index in [-0.39, 0.29) is 5.91 Å². The van der Waals surface area contributed by atoms with E-state index in [0.717, 1.165) is 12.5 Å². The normalized spacial score (nSPS) is 13.7. The van der Waals surface area contributed by atoms with Crippen LogP contribution in [0.1, 0.15) is 13.3 Å². The van der Waals surface area contributed by atoms with Crippen LogP contribution in [0.15, 0.2) is 12.2 Å². The number of likely N-dealkylation sites (N-methyl/N-ethyl adjacent to an activating group) is 1. The fraction of sp³-hybridized carbons (Fsp3) is 0.824. The van der Waals surface area contributed by atoms with Crippen molar-refractivity contribution in [1.29, 1.82) is 0 Å². The van der Waals surface area contributed by atoms with E-state index < -0.39 is 33.8 Å². The smallest absolute Gasteiger partial charge is 0.417 e. The zero-order chi connectivity index (χ0) is 21.0. The summed E-state index contributed by atoms with van der Waals surface area (Å²) in [6, 6.07) is 0.750. The van der Waals surface area contributed by atoms with E-state index >= 15 is 0 Å². The second-order valence-corrected chi connectivity index (χ2v) is 26.9. The molecule has 0 aromatic heterocycles.